The molecule has 0 spiro atoms. The summed E-state index contributed by atoms with van der Waals surface area (Å²) in [5, 5.41) is 5.87. The molecule has 0 radical (unpaired) electrons. The van der Waals surface area contributed by atoms with Gasteiger partial charge in [-0.15, -0.1) is 24.0 Å². The lowest BCUT2D eigenvalue weighted by molar-refractivity contribution is -0.117. The van der Waals surface area contributed by atoms with Crippen LogP contribution in [0.1, 0.15) is 22.8 Å². The molecule has 1 heterocycles. The molecule has 8 nitrogen and oxygen atoms in total. The molecule has 0 bridgehead atoms. The van der Waals surface area contributed by atoms with Crippen molar-refractivity contribution in [1.29, 1.82) is 0 Å². The Morgan fingerprint density at radius 1 is 0.969 bits per heavy atom. The molecular weight excluding hydrogens is 519 g/mol. The van der Waals surface area contributed by atoms with Gasteiger partial charge in [-0.2, -0.15) is 0 Å². The molecule has 2 aromatic rings. The van der Waals surface area contributed by atoms with E-state index < -0.39 is 5.91 Å². The number of benzene rings is 2. The van der Waals surface area contributed by atoms with Gasteiger partial charge in [0.1, 0.15) is 0 Å². The summed E-state index contributed by atoms with van der Waals surface area (Å²) in [6.45, 7) is 6.91. The molecule has 1 fully saturated rings. The quantitative estimate of drug-likeness (QED) is 0.277. The van der Waals surface area contributed by atoms with Crippen molar-refractivity contribution in [3.8, 4) is 0 Å². The standard InChI is InChI=1S/C23H30N6O2.HI/c1-2-25-23(29-14-12-28(13-15-29)20-6-4-3-5-7-20)27-16-18-8-10-19(11-9-18)22(31)26-17-21(24)30;/h3-11H,2,12-17H2,1H3,(H2,24,30)(H,25,27)(H,26,31);1H. The highest BCUT2D eigenvalue weighted by molar-refractivity contribution is 14.0. The van der Waals surface area contributed by atoms with Gasteiger partial charge >= 0.3 is 0 Å². The summed E-state index contributed by atoms with van der Waals surface area (Å²) >= 11 is 0. The van der Waals surface area contributed by atoms with Crippen molar-refractivity contribution < 1.29 is 9.59 Å². The van der Waals surface area contributed by atoms with Gasteiger partial charge in [0.2, 0.25) is 5.91 Å². The number of rotatable bonds is 7. The summed E-state index contributed by atoms with van der Waals surface area (Å²) < 4.78 is 0. The fraction of sp³-hybridized carbons (Fsp3) is 0.348. The molecule has 0 atom stereocenters. The normalized spacial score (nSPS) is 13.8. The third kappa shape index (κ3) is 7.40. The van der Waals surface area contributed by atoms with Crippen LogP contribution in [0.4, 0.5) is 5.69 Å². The van der Waals surface area contributed by atoms with Crippen molar-refractivity contribution in [2.45, 2.75) is 13.5 Å². The van der Waals surface area contributed by atoms with Crippen molar-refractivity contribution in [1.82, 2.24) is 15.5 Å². The van der Waals surface area contributed by atoms with Gasteiger partial charge in [-0.05, 0) is 36.8 Å². The summed E-state index contributed by atoms with van der Waals surface area (Å²) in [5.74, 6) is 0.0110. The number of para-hydroxylation sites is 1. The number of primary amides is 1. The minimum Gasteiger partial charge on any atom is -0.368 e. The summed E-state index contributed by atoms with van der Waals surface area (Å²) in [5.41, 5.74) is 7.80. The van der Waals surface area contributed by atoms with E-state index in [1.54, 1.807) is 12.1 Å². The van der Waals surface area contributed by atoms with Crippen LogP contribution in [0.3, 0.4) is 0 Å². The van der Waals surface area contributed by atoms with Crippen LogP contribution < -0.4 is 21.3 Å². The molecule has 9 heteroatoms. The third-order valence-electron chi connectivity index (χ3n) is 5.09. The van der Waals surface area contributed by atoms with Crippen molar-refractivity contribution in [2.24, 2.45) is 10.7 Å². The molecule has 2 aromatic carbocycles. The predicted octanol–water partition coefficient (Wildman–Crippen LogP) is 1.81. The number of nitrogens with zero attached hydrogens (tertiary/aromatic N) is 3. The Balaban J connectivity index is 0.00000363. The highest BCUT2D eigenvalue weighted by Gasteiger charge is 2.19. The van der Waals surface area contributed by atoms with Crippen LogP contribution >= 0.6 is 24.0 Å². The predicted molar refractivity (Wildman–Crippen MR) is 138 cm³/mol. The highest BCUT2D eigenvalue weighted by Crippen LogP contribution is 2.15. The van der Waals surface area contributed by atoms with Gasteiger partial charge in [0.15, 0.2) is 5.96 Å². The summed E-state index contributed by atoms with van der Waals surface area (Å²) in [6, 6.07) is 17.7. The molecule has 0 saturated carbocycles. The Labute approximate surface area is 206 Å². The second-order valence-corrected chi connectivity index (χ2v) is 7.33. The maximum atomic E-state index is 12.0. The molecule has 1 saturated heterocycles. The van der Waals surface area contributed by atoms with Crippen molar-refractivity contribution in [2.75, 3.05) is 44.2 Å². The second kappa shape index (κ2) is 12.9. The molecule has 2 amide bonds. The van der Waals surface area contributed by atoms with Gasteiger partial charge in [0.05, 0.1) is 13.1 Å². The maximum absolute atomic E-state index is 12.0. The van der Waals surface area contributed by atoms with Crippen LogP contribution in [-0.2, 0) is 11.3 Å². The number of hydrogen-bond acceptors (Lipinski definition) is 4. The molecule has 0 aromatic heterocycles. The Morgan fingerprint density at radius 2 is 1.62 bits per heavy atom. The first kappa shape index (κ1) is 25.4. The van der Waals surface area contributed by atoms with E-state index in [-0.39, 0.29) is 36.4 Å². The fourth-order valence-electron chi connectivity index (χ4n) is 3.44. The topological polar surface area (TPSA) is 103 Å². The first-order valence-electron chi connectivity index (χ1n) is 10.6. The van der Waals surface area contributed by atoms with E-state index >= 15 is 0 Å². The van der Waals surface area contributed by atoms with E-state index in [9.17, 15) is 9.59 Å². The zero-order valence-corrected chi connectivity index (χ0v) is 20.6. The van der Waals surface area contributed by atoms with Crippen LogP contribution in [0.2, 0.25) is 0 Å². The van der Waals surface area contributed by atoms with Crippen LogP contribution in [0.5, 0.6) is 0 Å². The summed E-state index contributed by atoms with van der Waals surface area (Å²) in [7, 11) is 0. The van der Waals surface area contributed by atoms with E-state index in [0.717, 1.165) is 44.2 Å². The summed E-state index contributed by atoms with van der Waals surface area (Å²) in [4.78, 5) is 32.2. The molecule has 4 N–H and O–H groups in total. The minimum atomic E-state index is -0.570. The van der Waals surface area contributed by atoms with Crippen LogP contribution in [-0.4, -0.2) is 61.9 Å². The van der Waals surface area contributed by atoms with Crippen molar-refractivity contribution in [3.63, 3.8) is 0 Å². The lowest BCUT2D eigenvalue weighted by Crippen LogP contribution is -2.52. The lowest BCUT2D eigenvalue weighted by atomic mass is 10.1. The first-order valence-corrected chi connectivity index (χ1v) is 10.6. The Morgan fingerprint density at radius 3 is 2.22 bits per heavy atom. The number of guanidine groups is 1. The third-order valence-corrected chi connectivity index (χ3v) is 5.09. The van der Waals surface area contributed by atoms with Gasteiger partial charge in [-0.1, -0.05) is 30.3 Å². The number of hydrogen-bond donors (Lipinski definition) is 3. The summed E-state index contributed by atoms with van der Waals surface area (Å²) in [6.07, 6.45) is 0. The molecule has 32 heavy (non-hydrogen) atoms. The maximum Gasteiger partial charge on any atom is 0.251 e. The van der Waals surface area contributed by atoms with Crippen LogP contribution in [0.15, 0.2) is 59.6 Å². The van der Waals surface area contributed by atoms with Crippen molar-refractivity contribution in [3.05, 3.63) is 65.7 Å². The largest absolute Gasteiger partial charge is 0.368 e. The number of piperazine rings is 1. The molecule has 0 aliphatic carbocycles. The van der Waals surface area contributed by atoms with Gasteiger partial charge in [-0.3, -0.25) is 9.59 Å². The van der Waals surface area contributed by atoms with E-state index in [4.69, 9.17) is 10.7 Å². The Bertz CT molecular complexity index is 896. The molecular formula is C23H31IN6O2. The average Bonchev–Trinajstić information content (AvgIpc) is 2.81. The monoisotopic (exact) mass is 550 g/mol. The molecule has 172 valence electrons. The van der Waals surface area contributed by atoms with E-state index in [1.165, 1.54) is 5.69 Å². The Hall–Kier alpha value is -2.82. The molecule has 1 aliphatic heterocycles. The molecule has 3 rings (SSSR count). The van der Waals surface area contributed by atoms with Gasteiger partial charge < -0.3 is 26.2 Å². The van der Waals surface area contributed by atoms with Gasteiger partial charge in [0.25, 0.3) is 5.91 Å². The lowest BCUT2D eigenvalue weighted by Gasteiger charge is -2.37. The van der Waals surface area contributed by atoms with Gasteiger partial charge in [0, 0.05) is 44.0 Å². The number of amides is 2. The Kier molecular flexibility index (Phi) is 10.3. The number of nitrogens with two attached hydrogens (primary N) is 1. The first-order chi connectivity index (χ1) is 15.1. The number of carbonyl (C=O) groups excluding carboxylic acids is 2. The number of carbonyl (C=O) groups is 2. The SMILES string of the molecule is CCNC(=NCc1ccc(C(=O)NCC(N)=O)cc1)N1CCN(c2ccccc2)CC1.I. The highest BCUT2D eigenvalue weighted by atomic mass is 127. The number of halogens is 1. The van der Waals surface area contributed by atoms with Crippen LogP contribution in [0, 0.1) is 0 Å². The number of aliphatic imine (C=N–C) groups is 1. The zero-order chi connectivity index (χ0) is 22.1. The molecule has 1 aliphatic rings. The van der Waals surface area contributed by atoms with E-state index in [1.807, 2.05) is 18.2 Å². The number of nitrogens with one attached hydrogen (secondary N) is 2. The number of anilines is 1. The van der Waals surface area contributed by atoms with Crippen LogP contribution in [0.25, 0.3) is 0 Å². The molecule has 0 unspecified atom stereocenters. The van der Waals surface area contributed by atoms with E-state index in [0.29, 0.717) is 12.1 Å². The second-order valence-electron chi connectivity index (χ2n) is 7.33. The fourth-order valence-corrected chi connectivity index (χ4v) is 3.44. The van der Waals surface area contributed by atoms with E-state index in [2.05, 4.69) is 51.6 Å². The minimum absolute atomic E-state index is 0. The smallest absolute Gasteiger partial charge is 0.251 e. The van der Waals surface area contributed by atoms with Gasteiger partial charge in [-0.25, -0.2) is 4.99 Å². The average molecular weight is 550 g/mol. The zero-order valence-electron chi connectivity index (χ0n) is 18.3. The van der Waals surface area contributed by atoms with Crippen molar-refractivity contribution >= 4 is 47.4 Å².